The Morgan fingerprint density at radius 1 is 1.22 bits per heavy atom. The van der Waals surface area contributed by atoms with Crippen molar-refractivity contribution in [3.8, 4) is 0 Å². The van der Waals surface area contributed by atoms with Crippen molar-refractivity contribution in [3.63, 3.8) is 0 Å². The maximum absolute atomic E-state index is 12.1. The first kappa shape index (κ1) is 20.3. The summed E-state index contributed by atoms with van der Waals surface area (Å²) in [7, 11) is 0. The number of benzene rings is 2. The quantitative estimate of drug-likeness (QED) is 0.191. The second kappa shape index (κ2) is 9.07. The van der Waals surface area contributed by atoms with Crippen molar-refractivity contribution in [2.24, 2.45) is 5.10 Å². The molecule has 0 radical (unpaired) electrons. The van der Waals surface area contributed by atoms with Crippen LogP contribution < -0.4 is 16.5 Å². The summed E-state index contributed by atoms with van der Waals surface area (Å²) in [5.74, 6) is -0.950. The monoisotopic (exact) mass is 481 g/mol. The number of rotatable bonds is 6. The van der Waals surface area contributed by atoms with E-state index in [1.807, 2.05) is 12.1 Å². The fraction of sp³-hybridized carbons (Fsp3) is 0.118. The Morgan fingerprint density at radius 3 is 2.52 bits per heavy atom. The van der Waals surface area contributed by atoms with Crippen molar-refractivity contribution in [2.75, 3.05) is 11.1 Å². The summed E-state index contributed by atoms with van der Waals surface area (Å²) in [5, 5.41) is 17.4. The van der Waals surface area contributed by atoms with Gasteiger partial charge in [0.2, 0.25) is 5.91 Å². The lowest BCUT2D eigenvalue weighted by Crippen LogP contribution is -2.21. The van der Waals surface area contributed by atoms with E-state index in [1.54, 1.807) is 19.1 Å². The van der Waals surface area contributed by atoms with Gasteiger partial charge in [0.05, 0.1) is 16.9 Å². The molecule has 0 aliphatic rings. The van der Waals surface area contributed by atoms with Crippen LogP contribution in [0.25, 0.3) is 0 Å². The highest BCUT2D eigenvalue weighted by Crippen LogP contribution is 2.18. The summed E-state index contributed by atoms with van der Waals surface area (Å²) in [6.07, 6.45) is -0.0245. The third-order valence-corrected chi connectivity index (χ3v) is 4.02. The number of nitrogens with zero attached hydrogens (tertiary/aromatic N) is 2. The Labute approximate surface area is 168 Å². The van der Waals surface area contributed by atoms with Crippen LogP contribution in [0.4, 0.5) is 17.1 Å². The molecular formula is C17H16IN5O4. The van der Waals surface area contributed by atoms with E-state index >= 15 is 0 Å². The first-order valence-corrected chi connectivity index (χ1v) is 8.76. The van der Waals surface area contributed by atoms with Gasteiger partial charge in [-0.3, -0.25) is 19.7 Å². The number of nitrogens with one attached hydrogen (secondary N) is 2. The molecular weight excluding hydrogens is 465 g/mol. The number of nitro benzene ring substituents is 1. The van der Waals surface area contributed by atoms with E-state index < -0.39 is 10.8 Å². The molecule has 0 unspecified atom stereocenters. The fourth-order valence-corrected chi connectivity index (χ4v) is 2.45. The third kappa shape index (κ3) is 6.33. The van der Waals surface area contributed by atoms with Crippen LogP contribution >= 0.6 is 22.6 Å². The Kier molecular flexibility index (Phi) is 6.82. The highest BCUT2D eigenvalue weighted by Gasteiger charge is 2.13. The predicted octanol–water partition coefficient (Wildman–Crippen LogP) is 2.92. The van der Waals surface area contributed by atoms with Crippen LogP contribution in [0.3, 0.4) is 0 Å². The fourth-order valence-electron chi connectivity index (χ4n) is 2.09. The Morgan fingerprint density at radius 2 is 1.89 bits per heavy atom. The number of carbonyl (C=O) groups is 2. The van der Waals surface area contributed by atoms with Crippen LogP contribution in [0.15, 0.2) is 47.6 Å². The summed E-state index contributed by atoms with van der Waals surface area (Å²) >= 11 is 2.16. The van der Waals surface area contributed by atoms with Gasteiger partial charge in [-0.05, 0) is 59.8 Å². The van der Waals surface area contributed by atoms with Gasteiger partial charge < -0.3 is 11.1 Å². The van der Waals surface area contributed by atoms with E-state index in [0.29, 0.717) is 11.4 Å². The molecule has 0 bridgehead atoms. The molecule has 2 aromatic rings. The zero-order chi connectivity index (χ0) is 20.0. The lowest BCUT2D eigenvalue weighted by Gasteiger charge is -2.06. The zero-order valence-electron chi connectivity index (χ0n) is 14.2. The number of nitrogens with two attached hydrogens (primary N) is 1. The van der Waals surface area contributed by atoms with Crippen molar-refractivity contribution in [2.45, 2.75) is 13.3 Å². The van der Waals surface area contributed by atoms with Gasteiger partial charge in [-0.2, -0.15) is 5.10 Å². The standard InChI is InChI=1S/C17H16IN5O4/c1-10(6-16(24)20-14-4-2-12(18)3-5-14)21-22-17(25)11-7-13(19)9-15(8-11)23(26)27/h2-5,7-9H,6,19H2,1H3,(H,20,24)(H,22,25)/b21-10+. The van der Waals surface area contributed by atoms with Crippen LogP contribution in [0.2, 0.25) is 0 Å². The van der Waals surface area contributed by atoms with Gasteiger partial charge in [0.1, 0.15) is 0 Å². The summed E-state index contributed by atoms with van der Waals surface area (Å²) in [6.45, 7) is 1.58. The minimum Gasteiger partial charge on any atom is -0.399 e. The average molecular weight is 481 g/mol. The molecule has 0 aliphatic carbocycles. The summed E-state index contributed by atoms with van der Waals surface area (Å²) in [6, 6.07) is 10.8. The van der Waals surface area contributed by atoms with E-state index in [9.17, 15) is 19.7 Å². The van der Waals surface area contributed by atoms with Gasteiger partial charge in [-0.25, -0.2) is 5.43 Å². The van der Waals surface area contributed by atoms with Gasteiger partial charge in [0.15, 0.2) is 0 Å². The van der Waals surface area contributed by atoms with Crippen molar-refractivity contribution in [1.29, 1.82) is 0 Å². The number of halogens is 1. The Hall–Kier alpha value is -3.02. The van der Waals surface area contributed by atoms with Crippen LogP contribution in [-0.2, 0) is 4.79 Å². The topological polar surface area (TPSA) is 140 Å². The number of nitro groups is 1. The molecule has 2 aromatic carbocycles. The van der Waals surface area contributed by atoms with Gasteiger partial charge >= 0.3 is 0 Å². The number of carbonyl (C=O) groups excluding carboxylic acids is 2. The van der Waals surface area contributed by atoms with Crippen LogP contribution in [0.1, 0.15) is 23.7 Å². The first-order chi connectivity index (χ1) is 12.7. The normalized spacial score (nSPS) is 11.0. The van der Waals surface area contributed by atoms with Crippen LogP contribution in [-0.4, -0.2) is 22.4 Å². The summed E-state index contributed by atoms with van der Waals surface area (Å²) in [5.41, 5.74) is 8.64. The Balaban J connectivity index is 1.96. The van der Waals surface area contributed by atoms with E-state index in [1.165, 1.54) is 6.07 Å². The molecule has 27 heavy (non-hydrogen) atoms. The molecule has 2 rings (SSSR count). The SMILES string of the molecule is C/C(CC(=O)Nc1ccc(I)cc1)=N\NC(=O)c1cc(N)cc([N+](=O)[O-])c1. The van der Waals surface area contributed by atoms with Crippen LogP contribution in [0.5, 0.6) is 0 Å². The smallest absolute Gasteiger partial charge is 0.272 e. The predicted molar refractivity (Wildman–Crippen MR) is 110 cm³/mol. The summed E-state index contributed by atoms with van der Waals surface area (Å²) < 4.78 is 1.05. The molecule has 0 heterocycles. The zero-order valence-corrected chi connectivity index (χ0v) is 16.4. The molecule has 10 heteroatoms. The van der Waals surface area contributed by atoms with Crippen molar-refractivity contribution < 1.29 is 14.5 Å². The minimum absolute atomic E-state index is 0.00147. The largest absolute Gasteiger partial charge is 0.399 e. The molecule has 0 atom stereocenters. The number of nitrogen functional groups attached to an aromatic ring is 1. The average Bonchev–Trinajstić information content (AvgIpc) is 2.61. The van der Waals surface area contributed by atoms with Crippen molar-refractivity contribution in [1.82, 2.24) is 5.43 Å². The van der Waals surface area contributed by atoms with Gasteiger partial charge in [0, 0.05) is 32.8 Å². The molecule has 0 saturated heterocycles. The second-order valence-electron chi connectivity index (χ2n) is 5.59. The Bertz CT molecular complexity index is 912. The van der Waals surface area contributed by atoms with E-state index in [-0.39, 0.29) is 29.3 Å². The third-order valence-electron chi connectivity index (χ3n) is 3.31. The minimum atomic E-state index is -0.664. The molecule has 0 spiro atoms. The molecule has 140 valence electrons. The molecule has 4 N–H and O–H groups in total. The van der Waals surface area contributed by atoms with Crippen molar-refractivity contribution >= 4 is 57.2 Å². The number of amides is 2. The molecule has 0 saturated carbocycles. The highest BCUT2D eigenvalue weighted by atomic mass is 127. The highest BCUT2D eigenvalue weighted by molar-refractivity contribution is 14.1. The molecule has 9 nitrogen and oxygen atoms in total. The number of hydrogen-bond acceptors (Lipinski definition) is 6. The molecule has 0 fully saturated rings. The van der Waals surface area contributed by atoms with E-state index in [4.69, 9.17) is 5.73 Å². The van der Waals surface area contributed by atoms with Gasteiger partial charge in [-0.15, -0.1) is 0 Å². The van der Waals surface area contributed by atoms with Gasteiger partial charge in [-0.1, -0.05) is 0 Å². The van der Waals surface area contributed by atoms with Crippen molar-refractivity contribution in [3.05, 3.63) is 61.7 Å². The first-order valence-electron chi connectivity index (χ1n) is 7.68. The van der Waals surface area contributed by atoms with Gasteiger partial charge in [0.25, 0.3) is 11.6 Å². The van der Waals surface area contributed by atoms with E-state index in [2.05, 4.69) is 38.4 Å². The number of non-ortho nitro benzene ring substituents is 1. The maximum Gasteiger partial charge on any atom is 0.272 e. The molecule has 0 aromatic heterocycles. The number of hydrazone groups is 1. The second-order valence-corrected chi connectivity index (χ2v) is 6.84. The molecule has 2 amide bonds. The number of anilines is 2. The molecule has 0 aliphatic heterocycles. The van der Waals surface area contributed by atoms with Crippen LogP contribution in [0, 0.1) is 13.7 Å². The maximum atomic E-state index is 12.1. The van der Waals surface area contributed by atoms with E-state index in [0.717, 1.165) is 15.7 Å². The number of hydrogen-bond donors (Lipinski definition) is 3. The summed E-state index contributed by atoms with van der Waals surface area (Å²) in [4.78, 5) is 34.3. The lowest BCUT2D eigenvalue weighted by molar-refractivity contribution is -0.384. The lowest BCUT2D eigenvalue weighted by atomic mass is 10.1.